The molecule has 0 aromatic rings. The molecule has 0 heterocycles. The summed E-state index contributed by atoms with van der Waals surface area (Å²) in [5.41, 5.74) is 0. The molecule has 0 aliphatic carbocycles. The SMILES string of the molecule is C[C@@H](O)CCCCCCCCCCCCCCCCCC(=O)O. The first-order valence-electron chi connectivity index (χ1n) is 10.0. The van der Waals surface area contributed by atoms with E-state index < -0.39 is 5.97 Å². The Kier molecular flexibility index (Phi) is 17.3. The number of hydrogen-bond acceptors (Lipinski definition) is 2. The molecule has 0 aromatic carbocycles. The molecule has 0 spiro atoms. The third-order valence-corrected chi connectivity index (χ3v) is 4.51. The van der Waals surface area contributed by atoms with E-state index in [1.165, 1.54) is 83.5 Å². The lowest BCUT2D eigenvalue weighted by atomic mass is 10.0. The average Bonchev–Trinajstić information content (AvgIpc) is 2.49. The molecule has 0 amide bonds. The maximum Gasteiger partial charge on any atom is 0.303 e. The number of hydrogen-bond donors (Lipinski definition) is 2. The minimum Gasteiger partial charge on any atom is -0.481 e. The van der Waals surface area contributed by atoms with Crippen molar-refractivity contribution in [3.05, 3.63) is 0 Å². The van der Waals surface area contributed by atoms with Gasteiger partial charge >= 0.3 is 5.97 Å². The number of carbonyl (C=O) groups is 1. The minimum absolute atomic E-state index is 0.125. The van der Waals surface area contributed by atoms with Gasteiger partial charge in [-0.25, -0.2) is 0 Å². The second-order valence-electron chi connectivity index (χ2n) is 7.08. The summed E-state index contributed by atoms with van der Waals surface area (Å²) in [7, 11) is 0. The van der Waals surface area contributed by atoms with Crippen molar-refractivity contribution in [1.29, 1.82) is 0 Å². The van der Waals surface area contributed by atoms with Gasteiger partial charge in [-0.2, -0.15) is 0 Å². The van der Waals surface area contributed by atoms with Crippen molar-refractivity contribution >= 4 is 5.97 Å². The summed E-state index contributed by atoms with van der Waals surface area (Å²) in [6.45, 7) is 1.87. The van der Waals surface area contributed by atoms with Crippen LogP contribution in [0.4, 0.5) is 0 Å². The predicted molar refractivity (Wildman–Crippen MR) is 97.8 cm³/mol. The van der Waals surface area contributed by atoms with E-state index in [0.717, 1.165) is 19.3 Å². The van der Waals surface area contributed by atoms with Gasteiger partial charge in [0.1, 0.15) is 0 Å². The van der Waals surface area contributed by atoms with Crippen LogP contribution in [0.25, 0.3) is 0 Å². The maximum absolute atomic E-state index is 10.4. The van der Waals surface area contributed by atoms with Gasteiger partial charge in [0.25, 0.3) is 0 Å². The van der Waals surface area contributed by atoms with Gasteiger partial charge in [0.2, 0.25) is 0 Å². The van der Waals surface area contributed by atoms with Crippen LogP contribution in [0, 0.1) is 0 Å². The minimum atomic E-state index is -0.662. The Hall–Kier alpha value is -0.570. The van der Waals surface area contributed by atoms with Gasteiger partial charge in [0.05, 0.1) is 6.10 Å². The second kappa shape index (κ2) is 17.8. The smallest absolute Gasteiger partial charge is 0.303 e. The number of aliphatic hydroxyl groups excluding tert-OH is 1. The molecule has 3 heteroatoms. The standard InChI is InChI=1S/C20H40O3/c1-19(21)17-15-13-11-9-7-5-3-2-4-6-8-10-12-14-16-18-20(22)23/h19,21H,2-18H2,1H3,(H,22,23)/t19-/m1/s1. The zero-order chi connectivity index (χ0) is 17.2. The maximum atomic E-state index is 10.4. The zero-order valence-corrected chi connectivity index (χ0v) is 15.4. The molecule has 23 heavy (non-hydrogen) atoms. The Morgan fingerprint density at radius 1 is 0.652 bits per heavy atom. The normalized spacial score (nSPS) is 12.4. The third kappa shape index (κ3) is 21.4. The summed E-state index contributed by atoms with van der Waals surface area (Å²) in [6.07, 6.45) is 20.2. The van der Waals surface area contributed by atoms with Crippen LogP contribution in [-0.2, 0) is 4.79 Å². The Bertz CT molecular complexity index is 251. The molecule has 0 unspecified atom stereocenters. The fourth-order valence-corrected chi connectivity index (χ4v) is 3.01. The van der Waals surface area contributed by atoms with Gasteiger partial charge in [0.15, 0.2) is 0 Å². The number of rotatable bonds is 18. The summed E-state index contributed by atoms with van der Waals surface area (Å²) in [6, 6.07) is 0. The predicted octanol–water partition coefficient (Wildman–Crippen LogP) is 6.08. The molecule has 0 fully saturated rings. The number of carboxylic acids is 1. The van der Waals surface area contributed by atoms with Crippen molar-refractivity contribution in [1.82, 2.24) is 0 Å². The van der Waals surface area contributed by atoms with Crippen molar-refractivity contribution in [2.45, 2.75) is 122 Å². The quantitative estimate of drug-likeness (QED) is 0.300. The van der Waals surface area contributed by atoms with Gasteiger partial charge in [0, 0.05) is 6.42 Å². The lowest BCUT2D eigenvalue weighted by Crippen LogP contribution is -1.98. The Labute approximate surface area is 143 Å². The summed E-state index contributed by atoms with van der Waals surface area (Å²) < 4.78 is 0. The lowest BCUT2D eigenvalue weighted by molar-refractivity contribution is -0.137. The van der Waals surface area contributed by atoms with Crippen LogP contribution in [0.2, 0.25) is 0 Å². The fraction of sp³-hybridized carbons (Fsp3) is 0.950. The van der Waals surface area contributed by atoms with E-state index in [1.54, 1.807) is 0 Å². The highest BCUT2D eigenvalue weighted by Gasteiger charge is 1.98. The Balaban J connectivity index is 2.99. The molecule has 3 nitrogen and oxygen atoms in total. The number of carboxylic acid groups (broad SMARTS) is 1. The van der Waals surface area contributed by atoms with Crippen LogP contribution in [0.1, 0.15) is 116 Å². The summed E-state index contributed by atoms with van der Waals surface area (Å²) in [5.74, 6) is -0.662. The molecule has 0 aliphatic rings. The topological polar surface area (TPSA) is 57.5 Å². The van der Waals surface area contributed by atoms with E-state index in [2.05, 4.69) is 0 Å². The molecule has 0 saturated heterocycles. The summed E-state index contributed by atoms with van der Waals surface area (Å²) in [5, 5.41) is 17.7. The lowest BCUT2D eigenvalue weighted by Gasteiger charge is -2.04. The van der Waals surface area contributed by atoms with Crippen LogP contribution < -0.4 is 0 Å². The van der Waals surface area contributed by atoms with Crippen LogP contribution in [0.15, 0.2) is 0 Å². The van der Waals surface area contributed by atoms with E-state index in [-0.39, 0.29) is 6.10 Å². The Morgan fingerprint density at radius 2 is 0.957 bits per heavy atom. The largest absolute Gasteiger partial charge is 0.481 e. The highest BCUT2D eigenvalue weighted by molar-refractivity contribution is 5.66. The molecule has 0 saturated carbocycles. The zero-order valence-electron chi connectivity index (χ0n) is 15.4. The van der Waals surface area contributed by atoms with E-state index >= 15 is 0 Å². The highest BCUT2D eigenvalue weighted by atomic mass is 16.4. The molecule has 138 valence electrons. The van der Waals surface area contributed by atoms with Crippen LogP contribution in [-0.4, -0.2) is 22.3 Å². The summed E-state index contributed by atoms with van der Waals surface area (Å²) >= 11 is 0. The van der Waals surface area contributed by atoms with Gasteiger partial charge < -0.3 is 10.2 Å². The average molecular weight is 329 g/mol. The van der Waals surface area contributed by atoms with Gasteiger partial charge in [-0.05, 0) is 19.8 Å². The molecule has 0 bridgehead atoms. The van der Waals surface area contributed by atoms with Crippen molar-refractivity contribution in [2.75, 3.05) is 0 Å². The highest BCUT2D eigenvalue weighted by Crippen LogP contribution is 2.14. The van der Waals surface area contributed by atoms with E-state index in [4.69, 9.17) is 10.2 Å². The van der Waals surface area contributed by atoms with Crippen molar-refractivity contribution in [3.63, 3.8) is 0 Å². The number of unbranched alkanes of at least 4 members (excludes halogenated alkanes) is 14. The first kappa shape index (κ1) is 22.4. The number of aliphatic hydroxyl groups is 1. The number of aliphatic carboxylic acids is 1. The van der Waals surface area contributed by atoms with Crippen molar-refractivity contribution < 1.29 is 15.0 Å². The molecule has 0 rings (SSSR count). The van der Waals surface area contributed by atoms with E-state index in [0.29, 0.717) is 6.42 Å². The molecular formula is C20H40O3. The molecular weight excluding hydrogens is 288 g/mol. The summed E-state index contributed by atoms with van der Waals surface area (Å²) in [4.78, 5) is 10.4. The van der Waals surface area contributed by atoms with E-state index in [1.807, 2.05) is 6.92 Å². The second-order valence-corrected chi connectivity index (χ2v) is 7.08. The molecule has 1 atom stereocenters. The van der Waals surface area contributed by atoms with Crippen LogP contribution in [0.3, 0.4) is 0 Å². The van der Waals surface area contributed by atoms with Gasteiger partial charge in [-0.1, -0.05) is 89.9 Å². The molecule has 2 N–H and O–H groups in total. The monoisotopic (exact) mass is 328 g/mol. The fourth-order valence-electron chi connectivity index (χ4n) is 3.01. The Morgan fingerprint density at radius 3 is 1.26 bits per heavy atom. The first-order valence-corrected chi connectivity index (χ1v) is 10.0. The van der Waals surface area contributed by atoms with Crippen molar-refractivity contribution in [3.8, 4) is 0 Å². The van der Waals surface area contributed by atoms with Gasteiger partial charge in [-0.3, -0.25) is 4.79 Å². The van der Waals surface area contributed by atoms with Crippen LogP contribution >= 0.6 is 0 Å². The van der Waals surface area contributed by atoms with Crippen LogP contribution in [0.5, 0.6) is 0 Å². The molecule has 0 radical (unpaired) electrons. The van der Waals surface area contributed by atoms with E-state index in [9.17, 15) is 4.79 Å². The molecule has 0 aliphatic heterocycles. The third-order valence-electron chi connectivity index (χ3n) is 4.51. The van der Waals surface area contributed by atoms with Gasteiger partial charge in [-0.15, -0.1) is 0 Å². The molecule has 0 aromatic heterocycles. The first-order chi connectivity index (χ1) is 11.1. The van der Waals surface area contributed by atoms with Crippen molar-refractivity contribution in [2.24, 2.45) is 0 Å².